The van der Waals surface area contributed by atoms with Crippen LogP contribution in [0.1, 0.15) is 85.2 Å². The lowest BCUT2D eigenvalue weighted by Gasteiger charge is -2.18. The predicted molar refractivity (Wildman–Crippen MR) is 162 cm³/mol. The van der Waals surface area contributed by atoms with E-state index in [9.17, 15) is 27.6 Å². The summed E-state index contributed by atoms with van der Waals surface area (Å²) < 4.78 is 50.2. The summed E-state index contributed by atoms with van der Waals surface area (Å²) in [5, 5.41) is 2.88. The number of amides is 2. The van der Waals surface area contributed by atoms with Crippen molar-refractivity contribution in [3.8, 4) is 11.1 Å². The molecule has 0 radical (unpaired) electrons. The summed E-state index contributed by atoms with van der Waals surface area (Å²) in [5.41, 5.74) is 2.49. The van der Waals surface area contributed by atoms with Crippen LogP contribution in [-0.2, 0) is 30.2 Å². The first-order chi connectivity index (χ1) is 22.2. The van der Waals surface area contributed by atoms with E-state index in [4.69, 9.17) is 14.1 Å². The van der Waals surface area contributed by atoms with Gasteiger partial charge in [-0.05, 0) is 80.1 Å². The second-order valence-electron chi connectivity index (χ2n) is 11.3. The minimum absolute atomic E-state index is 0.0779. The normalized spacial score (nSPS) is 15.5. The molecule has 0 aliphatic carbocycles. The van der Waals surface area contributed by atoms with Crippen molar-refractivity contribution in [1.29, 1.82) is 0 Å². The second kappa shape index (κ2) is 12.8. The largest absolute Gasteiger partial charge is 0.469 e. The molecule has 8 nitrogen and oxygen atoms in total. The Morgan fingerprint density at radius 3 is 2.57 bits per heavy atom. The van der Waals surface area contributed by atoms with E-state index in [1.165, 1.54) is 12.1 Å². The Hall–Kier alpha value is -4.93. The molecule has 4 heterocycles. The van der Waals surface area contributed by atoms with Crippen molar-refractivity contribution < 1.29 is 36.7 Å². The molecule has 46 heavy (non-hydrogen) atoms. The minimum atomic E-state index is -4.45. The molecule has 0 spiro atoms. The molecule has 0 unspecified atom stereocenters. The van der Waals surface area contributed by atoms with Gasteiger partial charge in [0.25, 0.3) is 11.8 Å². The highest BCUT2D eigenvalue weighted by Gasteiger charge is 2.44. The summed E-state index contributed by atoms with van der Waals surface area (Å²) in [7, 11) is 0. The van der Waals surface area contributed by atoms with Crippen molar-refractivity contribution in [1.82, 2.24) is 15.2 Å². The third-order valence-corrected chi connectivity index (χ3v) is 8.41. The van der Waals surface area contributed by atoms with E-state index < -0.39 is 17.7 Å². The number of fused-ring (bicyclic) bond motifs is 3. The van der Waals surface area contributed by atoms with Crippen LogP contribution in [0.2, 0.25) is 0 Å². The van der Waals surface area contributed by atoms with E-state index in [-0.39, 0.29) is 36.4 Å². The van der Waals surface area contributed by atoms with Gasteiger partial charge in [-0.2, -0.15) is 13.2 Å². The van der Waals surface area contributed by atoms with E-state index in [0.717, 1.165) is 30.7 Å². The maximum atomic E-state index is 13.8. The van der Waals surface area contributed by atoms with Gasteiger partial charge in [-0.25, -0.2) is 4.79 Å². The molecule has 4 aromatic rings. The van der Waals surface area contributed by atoms with Crippen LogP contribution in [0.4, 0.5) is 13.2 Å². The number of hydrogen-bond acceptors (Lipinski definition) is 6. The lowest BCUT2D eigenvalue weighted by Crippen LogP contribution is -2.25. The summed E-state index contributed by atoms with van der Waals surface area (Å²) in [6, 6.07) is 15.0. The third-order valence-electron chi connectivity index (χ3n) is 8.41. The fourth-order valence-electron chi connectivity index (χ4n) is 6.24. The van der Waals surface area contributed by atoms with Crippen LogP contribution in [0, 0.1) is 0 Å². The van der Waals surface area contributed by atoms with Crippen molar-refractivity contribution in [2.75, 3.05) is 19.7 Å². The van der Waals surface area contributed by atoms with Gasteiger partial charge in [-0.1, -0.05) is 24.3 Å². The summed E-state index contributed by atoms with van der Waals surface area (Å²) in [4.78, 5) is 47.3. The lowest BCUT2D eigenvalue weighted by atomic mass is 9.89. The first kappa shape index (κ1) is 31.1. The van der Waals surface area contributed by atoms with Gasteiger partial charge in [0.1, 0.15) is 5.76 Å². The Kier molecular flexibility index (Phi) is 8.66. The van der Waals surface area contributed by atoms with E-state index >= 15 is 0 Å². The predicted octanol–water partition coefficient (Wildman–Crippen LogP) is 6.59. The summed E-state index contributed by atoms with van der Waals surface area (Å²) >= 11 is 0. The molecule has 2 amide bonds. The zero-order valence-electron chi connectivity index (χ0n) is 25.2. The average molecular weight is 632 g/mol. The van der Waals surface area contributed by atoms with Gasteiger partial charge >= 0.3 is 12.1 Å². The molecule has 6 rings (SSSR count). The number of nitrogens with one attached hydrogen (secondary N) is 1. The monoisotopic (exact) mass is 631 g/mol. The molecule has 11 heteroatoms. The van der Waals surface area contributed by atoms with Gasteiger partial charge in [0.15, 0.2) is 0 Å². The zero-order valence-corrected chi connectivity index (χ0v) is 25.2. The minimum Gasteiger partial charge on any atom is -0.469 e. The highest BCUT2D eigenvalue weighted by molar-refractivity contribution is 6.11. The number of alkyl halides is 3. The average Bonchev–Trinajstić information content (AvgIpc) is 3.80. The number of rotatable bonds is 10. The van der Waals surface area contributed by atoms with Gasteiger partial charge in [-0.3, -0.25) is 14.6 Å². The number of pyridine rings is 1. The van der Waals surface area contributed by atoms with Crippen LogP contribution in [0.25, 0.3) is 11.1 Å². The Morgan fingerprint density at radius 2 is 1.85 bits per heavy atom. The van der Waals surface area contributed by atoms with Gasteiger partial charge in [0.05, 0.1) is 47.0 Å². The maximum absolute atomic E-state index is 13.8. The van der Waals surface area contributed by atoms with Gasteiger partial charge < -0.3 is 19.4 Å². The van der Waals surface area contributed by atoms with Crippen molar-refractivity contribution >= 4 is 17.8 Å². The third kappa shape index (κ3) is 6.14. The molecular weight excluding hydrogens is 599 g/mol. The molecule has 2 aromatic heterocycles. The number of hydrogen-bond donors (Lipinski definition) is 1. The van der Waals surface area contributed by atoms with E-state index in [1.807, 2.05) is 6.07 Å². The SMILES string of the molecule is CCOC(=O)c1c(CCc2ccc(C(F)(F)F)cc2)nc2c(c1-c1cccc(C(=O)NCCc3ccco3)c1)C(=O)N1CCC[C@@H]21. The smallest absolute Gasteiger partial charge is 0.416 e. The Balaban J connectivity index is 1.40. The van der Waals surface area contributed by atoms with Crippen LogP contribution in [0.15, 0.2) is 71.3 Å². The van der Waals surface area contributed by atoms with Crippen LogP contribution in [-0.4, -0.2) is 47.4 Å². The number of carbonyl (C=O) groups excluding carboxylic acids is 3. The van der Waals surface area contributed by atoms with E-state index in [2.05, 4.69) is 5.32 Å². The molecule has 1 N–H and O–H groups in total. The van der Waals surface area contributed by atoms with Gasteiger partial charge in [0, 0.05) is 30.6 Å². The number of esters is 1. The van der Waals surface area contributed by atoms with Crippen molar-refractivity contribution in [2.24, 2.45) is 0 Å². The Labute approximate surface area is 263 Å². The molecular formula is C35H32F3N3O5. The van der Waals surface area contributed by atoms with E-state index in [1.54, 1.807) is 48.4 Å². The molecule has 2 aliphatic heterocycles. The molecule has 2 aliphatic rings. The Bertz CT molecular complexity index is 1770. The quantitative estimate of drug-likeness (QED) is 0.198. The standard InChI is InChI=1S/C35H32F3N3O5/c1-2-45-34(44)29-26(15-12-21-10-13-24(14-11-21)35(36,37)38)40-31-27-9-4-18-41(27)33(43)30(31)28(29)22-6-3-7-23(20-22)32(42)39-17-16-25-8-5-19-46-25/h3,5-8,10-11,13-14,19-20,27H,2,4,9,12,15-18H2,1H3,(H,39,42)/t27-/m0/s1. The van der Waals surface area contributed by atoms with E-state index in [0.29, 0.717) is 65.1 Å². The number of aromatic nitrogens is 1. The number of carbonyl (C=O) groups is 3. The number of halogens is 3. The number of furan rings is 1. The molecule has 2 aromatic carbocycles. The Morgan fingerprint density at radius 1 is 1.04 bits per heavy atom. The summed E-state index contributed by atoms with van der Waals surface area (Å²) in [5.74, 6) is -0.480. The number of nitrogens with zero attached hydrogens (tertiary/aromatic N) is 2. The fraction of sp³-hybridized carbons (Fsp3) is 0.314. The number of ether oxygens (including phenoxy) is 1. The van der Waals surface area contributed by atoms with Crippen molar-refractivity contribution in [3.05, 3.63) is 112 Å². The summed E-state index contributed by atoms with van der Waals surface area (Å²) in [6.45, 7) is 2.66. The molecule has 0 saturated carbocycles. The topological polar surface area (TPSA) is 102 Å². The van der Waals surface area contributed by atoms with Crippen molar-refractivity contribution in [2.45, 2.75) is 51.2 Å². The molecule has 1 fully saturated rings. The highest BCUT2D eigenvalue weighted by Crippen LogP contribution is 2.46. The van der Waals surface area contributed by atoms with Crippen LogP contribution < -0.4 is 5.32 Å². The van der Waals surface area contributed by atoms with Gasteiger partial charge in [-0.15, -0.1) is 0 Å². The van der Waals surface area contributed by atoms with Crippen LogP contribution >= 0.6 is 0 Å². The van der Waals surface area contributed by atoms with Gasteiger partial charge in [0.2, 0.25) is 0 Å². The molecule has 0 bridgehead atoms. The first-order valence-electron chi connectivity index (χ1n) is 15.3. The lowest BCUT2D eigenvalue weighted by molar-refractivity contribution is -0.137. The number of aryl methyl sites for hydroxylation is 2. The molecule has 1 atom stereocenters. The van der Waals surface area contributed by atoms with Crippen LogP contribution in [0.3, 0.4) is 0 Å². The molecule has 1 saturated heterocycles. The first-order valence-corrected chi connectivity index (χ1v) is 15.3. The molecule has 238 valence electrons. The summed E-state index contributed by atoms with van der Waals surface area (Å²) in [6.07, 6.45) is -0.308. The van der Waals surface area contributed by atoms with Crippen molar-refractivity contribution in [3.63, 3.8) is 0 Å². The maximum Gasteiger partial charge on any atom is 0.416 e. The highest BCUT2D eigenvalue weighted by atomic mass is 19.4. The van der Waals surface area contributed by atoms with Crippen LogP contribution in [0.5, 0.6) is 0 Å². The number of benzene rings is 2. The zero-order chi connectivity index (χ0) is 32.4. The fourth-order valence-corrected chi connectivity index (χ4v) is 6.24. The second-order valence-corrected chi connectivity index (χ2v) is 11.3.